The van der Waals surface area contributed by atoms with Gasteiger partial charge in [0.25, 0.3) is 0 Å². The van der Waals surface area contributed by atoms with Crippen molar-refractivity contribution in [1.29, 1.82) is 0 Å². The van der Waals surface area contributed by atoms with Gasteiger partial charge in [-0.2, -0.15) is 0 Å². The minimum absolute atomic E-state index is 0.0937. The van der Waals surface area contributed by atoms with E-state index in [0.717, 1.165) is 0 Å². The summed E-state index contributed by atoms with van der Waals surface area (Å²) >= 11 is 0. The van der Waals surface area contributed by atoms with Crippen molar-refractivity contribution >= 4 is 11.7 Å². The number of carboxylic acid groups (broad SMARTS) is 1. The van der Waals surface area contributed by atoms with Crippen LogP contribution in [0.15, 0.2) is 18.2 Å². The maximum atomic E-state index is 10.6. The molecule has 1 aromatic carbocycles. The van der Waals surface area contributed by atoms with Crippen molar-refractivity contribution in [1.82, 2.24) is 0 Å². The Hall–Kier alpha value is -1.91. The molecular formula is C11H15NO4. The van der Waals surface area contributed by atoms with Crippen LogP contribution >= 0.6 is 0 Å². The summed E-state index contributed by atoms with van der Waals surface area (Å²) in [4.78, 5) is 12.2. The van der Waals surface area contributed by atoms with Crippen LogP contribution in [0.4, 0.5) is 5.69 Å². The van der Waals surface area contributed by atoms with Crippen molar-refractivity contribution in [3.05, 3.63) is 18.2 Å². The van der Waals surface area contributed by atoms with Crippen molar-refractivity contribution in [2.45, 2.75) is 0 Å². The van der Waals surface area contributed by atoms with E-state index in [9.17, 15) is 4.79 Å². The number of nitrogens with zero attached hydrogens (tertiary/aromatic N) is 1. The number of aliphatic carboxylic acids is 1. The van der Waals surface area contributed by atoms with E-state index in [1.807, 2.05) is 0 Å². The second-order valence-electron chi connectivity index (χ2n) is 3.29. The number of methoxy groups -OCH3 is 2. The van der Waals surface area contributed by atoms with Gasteiger partial charge in [-0.3, -0.25) is 4.79 Å². The van der Waals surface area contributed by atoms with E-state index < -0.39 is 5.97 Å². The zero-order valence-electron chi connectivity index (χ0n) is 9.56. The van der Waals surface area contributed by atoms with Crippen LogP contribution in [0.1, 0.15) is 0 Å². The Morgan fingerprint density at radius 1 is 1.38 bits per heavy atom. The fourth-order valence-electron chi connectivity index (χ4n) is 1.38. The topological polar surface area (TPSA) is 59.0 Å². The van der Waals surface area contributed by atoms with Gasteiger partial charge in [0.15, 0.2) is 0 Å². The van der Waals surface area contributed by atoms with Crippen LogP contribution in [-0.2, 0) is 4.79 Å². The summed E-state index contributed by atoms with van der Waals surface area (Å²) in [6.07, 6.45) is 0. The molecule has 0 fully saturated rings. The molecular weight excluding hydrogens is 210 g/mol. The highest BCUT2D eigenvalue weighted by Gasteiger charge is 2.12. The zero-order valence-corrected chi connectivity index (χ0v) is 9.56. The van der Waals surface area contributed by atoms with Gasteiger partial charge >= 0.3 is 5.97 Å². The summed E-state index contributed by atoms with van der Waals surface area (Å²) in [6.45, 7) is -0.0937. The largest absolute Gasteiger partial charge is 0.497 e. The number of likely N-dealkylation sites (N-methyl/N-ethyl adjacent to an activating group) is 1. The molecule has 0 heterocycles. The van der Waals surface area contributed by atoms with Gasteiger partial charge in [0.1, 0.15) is 18.0 Å². The summed E-state index contributed by atoms with van der Waals surface area (Å²) in [7, 11) is 4.79. The summed E-state index contributed by atoms with van der Waals surface area (Å²) < 4.78 is 10.2. The number of carbonyl (C=O) groups is 1. The van der Waals surface area contributed by atoms with Crippen molar-refractivity contribution in [3.63, 3.8) is 0 Å². The minimum Gasteiger partial charge on any atom is -0.497 e. The molecule has 0 saturated heterocycles. The molecule has 5 nitrogen and oxygen atoms in total. The molecule has 0 atom stereocenters. The normalized spacial score (nSPS) is 9.69. The highest BCUT2D eigenvalue weighted by molar-refractivity contribution is 5.75. The standard InChI is InChI=1S/C11H15NO4/c1-12(7-11(13)14)9-6-8(15-2)4-5-10(9)16-3/h4-6H,7H2,1-3H3,(H,13,14). The molecule has 16 heavy (non-hydrogen) atoms. The van der Waals surface area contributed by atoms with Gasteiger partial charge in [0.2, 0.25) is 0 Å². The molecule has 0 spiro atoms. The number of rotatable bonds is 5. The first-order valence-electron chi connectivity index (χ1n) is 4.73. The molecule has 1 N–H and O–H groups in total. The highest BCUT2D eigenvalue weighted by Crippen LogP contribution is 2.31. The second-order valence-corrected chi connectivity index (χ2v) is 3.29. The van der Waals surface area contributed by atoms with Crippen LogP contribution in [-0.4, -0.2) is 38.9 Å². The molecule has 0 radical (unpaired) electrons. The Balaban J connectivity index is 3.02. The molecule has 88 valence electrons. The van der Waals surface area contributed by atoms with E-state index in [4.69, 9.17) is 14.6 Å². The molecule has 0 aliphatic carbocycles. The third kappa shape index (κ3) is 2.79. The summed E-state index contributed by atoms with van der Waals surface area (Å²) in [5.41, 5.74) is 0.684. The Morgan fingerprint density at radius 3 is 2.56 bits per heavy atom. The maximum absolute atomic E-state index is 10.6. The fourth-order valence-corrected chi connectivity index (χ4v) is 1.38. The predicted octanol–water partition coefficient (Wildman–Crippen LogP) is 1.22. The lowest BCUT2D eigenvalue weighted by molar-refractivity contribution is -0.135. The molecule has 0 aliphatic rings. The smallest absolute Gasteiger partial charge is 0.323 e. The Bertz CT molecular complexity index is 378. The van der Waals surface area contributed by atoms with Crippen molar-refractivity contribution in [2.24, 2.45) is 0 Å². The van der Waals surface area contributed by atoms with Crippen molar-refractivity contribution < 1.29 is 19.4 Å². The summed E-state index contributed by atoms with van der Waals surface area (Å²) in [6, 6.07) is 5.24. The quantitative estimate of drug-likeness (QED) is 0.816. The minimum atomic E-state index is -0.896. The first-order chi connectivity index (χ1) is 7.58. The van der Waals surface area contributed by atoms with Gasteiger partial charge in [0.05, 0.1) is 19.9 Å². The SMILES string of the molecule is COc1ccc(OC)c(N(C)CC(=O)O)c1. The van der Waals surface area contributed by atoms with Gasteiger partial charge in [-0.1, -0.05) is 0 Å². The van der Waals surface area contributed by atoms with Crippen LogP contribution in [0.5, 0.6) is 11.5 Å². The lowest BCUT2D eigenvalue weighted by Crippen LogP contribution is -2.25. The van der Waals surface area contributed by atoms with Gasteiger partial charge in [-0.05, 0) is 12.1 Å². The van der Waals surface area contributed by atoms with Gasteiger partial charge in [-0.15, -0.1) is 0 Å². The van der Waals surface area contributed by atoms with Gasteiger partial charge < -0.3 is 19.5 Å². The third-order valence-corrected chi connectivity index (χ3v) is 2.17. The molecule has 0 unspecified atom stereocenters. The summed E-state index contributed by atoms with van der Waals surface area (Å²) in [5, 5.41) is 8.72. The second kappa shape index (κ2) is 5.25. The monoisotopic (exact) mass is 225 g/mol. The predicted molar refractivity (Wildman–Crippen MR) is 60.5 cm³/mol. The van der Waals surface area contributed by atoms with Crippen LogP contribution in [0, 0.1) is 0 Å². The van der Waals surface area contributed by atoms with Crippen LogP contribution in [0.2, 0.25) is 0 Å². The van der Waals surface area contributed by atoms with E-state index in [2.05, 4.69) is 0 Å². The molecule has 1 aromatic rings. The van der Waals surface area contributed by atoms with Crippen LogP contribution in [0.3, 0.4) is 0 Å². The van der Waals surface area contributed by atoms with Crippen LogP contribution in [0.25, 0.3) is 0 Å². The Morgan fingerprint density at radius 2 is 2.06 bits per heavy atom. The number of anilines is 1. The average Bonchev–Trinajstić information content (AvgIpc) is 2.27. The van der Waals surface area contributed by atoms with E-state index in [-0.39, 0.29) is 6.54 Å². The lowest BCUT2D eigenvalue weighted by atomic mass is 10.2. The molecule has 0 aromatic heterocycles. The fraction of sp³-hybridized carbons (Fsp3) is 0.364. The Kier molecular flexibility index (Phi) is 3.99. The van der Waals surface area contributed by atoms with E-state index in [1.54, 1.807) is 44.4 Å². The average molecular weight is 225 g/mol. The molecule has 1 rings (SSSR count). The lowest BCUT2D eigenvalue weighted by Gasteiger charge is -2.20. The molecule has 0 bridgehead atoms. The van der Waals surface area contributed by atoms with Gasteiger partial charge in [0, 0.05) is 13.1 Å². The van der Waals surface area contributed by atoms with E-state index in [0.29, 0.717) is 17.2 Å². The summed E-state index contributed by atoms with van der Waals surface area (Å²) in [5.74, 6) is 0.380. The third-order valence-electron chi connectivity index (χ3n) is 2.17. The Labute approximate surface area is 94.2 Å². The molecule has 0 amide bonds. The van der Waals surface area contributed by atoms with Crippen molar-refractivity contribution in [2.75, 3.05) is 32.7 Å². The van der Waals surface area contributed by atoms with E-state index in [1.165, 1.54) is 0 Å². The first kappa shape index (κ1) is 12.2. The highest BCUT2D eigenvalue weighted by atomic mass is 16.5. The maximum Gasteiger partial charge on any atom is 0.323 e. The molecule has 5 heteroatoms. The van der Waals surface area contributed by atoms with E-state index >= 15 is 0 Å². The zero-order chi connectivity index (χ0) is 12.1. The number of carboxylic acids is 1. The number of hydrogen-bond acceptors (Lipinski definition) is 4. The number of benzene rings is 1. The molecule has 0 aliphatic heterocycles. The number of hydrogen-bond donors (Lipinski definition) is 1. The first-order valence-corrected chi connectivity index (χ1v) is 4.73. The molecule has 0 saturated carbocycles. The van der Waals surface area contributed by atoms with Gasteiger partial charge in [-0.25, -0.2) is 0 Å². The number of ether oxygens (including phenoxy) is 2. The van der Waals surface area contributed by atoms with Crippen LogP contribution < -0.4 is 14.4 Å². The van der Waals surface area contributed by atoms with Crippen molar-refractivity contribution in [3.8, 4) is 11.5 Å².